The average Bonchev–Trinajstić information content (AvgIpc) is 2.88. The summed E-state index contributed by atoms with van der Waals surface area (Å²) >= 11 is 6.12. The molecule has 0 N–H and O–H groups in total. The highest BCUT2D eigenvalue weighted by Crippen LogP contribution is 2.19. The van der Waals surface area contributed by atoms with Crippen molar-refractivity contribution in [3.8, 4) is 0 Å². The number of hydrogen-bond donors (Lipinski definition) is 0. The fraction of sp³-hybridized carbons (Fsp3) is 0.286. The molecule has 0 saturated carbocycles. The number of aromatic nitrogens is 5. The van der Waals surface area contributed by atoms with Crippen molar-refractivity contribution in [3.63, 3.8) is 0 Å². The Kier molecular flexibility index (Phi) is 3.36. The zero-order valence-corrected chi connectivity index (χ0v) is 12.1. The molecule has 0 aromatic carbocycles. The molecule has 102 valence electrons. The highest BCUT2D eigenvalue weighted by molar-refractivity contribution is 6.32. The normalized spacial score (nSPS) is 11.2. The SMILES string of the molecule is Cc1nc(Cl)c2nnc(CCc3ccncc3)n2c1C. The third-order valence-electron chi connectivity index (χ3n) is 3.43. The summed E-state index contributed by atoms with van der Waals surface area (Å²) in [5.74, 6) is 0.904. The van der Waals surface area contributed by atoms with Crippen LogP contribution in [0.25, 0.3) is 5.65 Å². The molecule has 3 aromatic rings. The predicted octanol–water partition coefficient (Wildman–Crippen LogP) is 2.57. The summed E-state index contributed by atoms with van der Waals surface area (Å²) in [5.41, 5.74) is 3.78. The third-order valence-corrected chi connectivity index (χ3v) is 3.68. The van der Waals surface area contributed by atoms with Crippen molar-refractivity contribution in [2.45, 2.75) is 26.7 Å². The largest absolute Gasteiger partial charge is 0.279 e. The average molecular weight is 288 g/mol. The molecular formula is C14H14ClN5. The Bertz CT molecular complexity index is 751. The van der Waals surface area contributed by atoms with E-state index in [1.165, 1.54) is 5.56 Å². The van der Waals surface area contributed by atoms with E-state index in [0.29, 0.717) is 10.8 Å². The Morgan fingerprint density at radius 2 is 1.85 bits per heavy atom. The van der Waals surface area contributed by atoms with Gasteiger partial charge < -0.3 is 0 Å². The summed E-state index contributed by atoms with van der Waals surface area (Å²) in [4.78, 5) is 8.29. The van der Waals surface area contributed by atoms with Crippen LogP contribution in [-0.2, 0) is 12.8 Å². The van der Waals surface area contributed by atoms with Crippen LogP contribution in [0.3, 0.4) is 0 Å². The maximum Gasteiger partial charge on any atom is 0.198 e. The number of hydrogen-bond acceptors (Lipinski definition) is 4. The topological polar surface area (TPSA) is 56.0 Å². The van der Waals surface area contributed by atoms with Crippen molar-refractivity contribution in [1.29, 1.82) is 0 Å². The van der Waals surface area contributed by atoms with Gasteiger partial charge in [-0.1, -0.05) is 11.6 Å². The van der Waals surface area contributed by atoms with Crippen LogP contribution >= 0.6 is 11.6 Å². The number of aryl methyl sites for hydroxylation is 4. The van der Waals surface area contributed by atoms with Crippen LogP contribution in [0.5, 0.6) is 0 Å². The lowest BCUT2D eigenvalue weighted by Crippen LogP contribution is -2.04. The second-order valence-corrected chi connectivity index (χ2v) is 5.06. The van der Waals surface area contributed by atoms with Crippen molar-refractivity contribution in [2.75, 3.05) is 0 Å². The van der Waals surface area contributed by atoms with Gasteiger partial charge >= 0.3 is 0 Å². The van der Waals surface area contributed by atoms with Crippen LogP contribution < -0.4 is 0 Å². The van der Waals surface area contributed by atoms with E-state index in [4.69, 9.17) is 11.6 Å². The molecule has 0 radical (unpaired) electrons. The van der Waals surface area contributed by atoms with E-state index in [-0.39, 0.29) is 0 Å². The number of fused-ring (bicyclic) bond motifs is 1. The molecule has 3 rings (SSSR count). The van der Waals surface area contributed by atoms with E-state index >= 15 is 0 Å². The Balaban J connectivity index is 1.96. The number of halogens is 1. The van der Waals surface area contributed by atoms with Crippen LogP contribution in [0, 0.1) is 13.8 Å². The molecule has 3 heterocycles. The van der Waals surface area contributed by atoms with Crippen LogP contribution in [0.4, 0.5) is 0 Å². The van der Waals surface area contributed by atoms with Gasteiger partial charge in [0, 0.05) is 24.5 Å². The van der Waals surface area contributed by atoms with E-state index < -0.39 is 0 Å². The summed E-state index contributed by atoms with van der Waals surface area (Å²) in [6.07, 6.45) is 5.29. The van der Waals surface area contributed by atoms with Gasteiger partial charge in [-0.05, 0) is 38.0 Å². The van der Waals surface area contributed by atoms with Gasteiger partial charge in [0.2, 0.25) is 0 Å². The smallest absolute Gasteiger partial charge is 0.198 e. The van der Waals surface area contributed by atoms with E-state index in [9.17, 15) is 0 Å². The Morgan fingerprint density at radius 3 is 2.60 bits per heavy atom. The second-order valence-electron chi connectivity index (χ2n) is 4.70. The zero-order chi connectivity index (χ0) is 14.1. The maximum absolute atomic E-state index is 6.12. The van der Waals surface area contributed by atoms with E-state index in [1.54, 1.807) is 12.4 Å². The minimum atomic E-state index is 0.399. The quantitative estimate of drug-likeness (QED) is 0.743. The number of rotatable bonds is 3. The van der Waals surface area contributed by atoms with Crippen LogP contribution in [0.15, 0.2) is 24.5 Å². The lowest BCUT2D eigenvalue weighted by molar-refractivity contribution is 0.820. The van der Waals surface area contributed by atoms with Crippen molar-refractivity contribution >= 4 is 17.2 Å². The van der Waals surface area contributed by atoms with Crippen LogP contribution in [0.1, 0.15) is 22.8 Å². The highest BCUT2D eigenvalue weighted by Gasteiger charge is 2.13. The van der Waals surface area contributed by atoms with Crippen molar-refractivity contribution in [1.82, 2.24) is 24.6 Å². The molecule has 0 unspecified atom stereocenters. The first kappa shape index (κ1) is 13.0. The molecule has 0 saturated heterocycles. The van der Waals surface area contributed by atoms with Crippen molar-refractivity contribution in [3.05, 3.63) is 52.5 Å². The molecule has 0 spiro atoms. The minimum absolute atomic E-state index is 0.399. The first-order chi connectivity index (χ1) is 9.66. The van der Waals surface area contributed by atoms with Crippen molar-refractivity contribution in [2.24, 2.45) is 0 Å². The molecule has 0 aliphatic rings. The molecule has 0 aliphatic carbocycles. The summed E-state index contributed by atoms with van der Waals surface area (Å²) < 4.78 is 1.99. The first-order valence-electron chi connectivity index (χ1n) is 6.42. The molecule has 3 aromatic heterocycles. The standard InChI is InChI=1S/C14H14ClN5/c1-9-10(2)20-12(18-19-14(20)13(15)17-9)4-3-11-5-7-16-8-6-11/h5-8H,3-4H2,1-2H3. The van der Waals surface area contributed by atoms with Gasteiger partial charge in [-0.2, -0.15) is 0 Å². The summed E-state index contributed by atoms with van der Waals surface area (Å²) in [5, 5.41) is 8.78. The molecule has 6 heteroatoms. The van der Waals surface area contributed by atoms with Gasteiger partial charge in [-0.25, -0.2) is 4.98 Å². The van der Waals surface area contributed by atoms with Gasteiger partial charge in [-0.3, -0.25) is 9.38 Å². The molecular weight excluding hydrogens is 274 g/mol. The predicted molar refractivity (Wildman–Crippen MR) is 76.9 cm³/mol. The highest BCUT2D eigenvalue weighted by atomic mass is 35.5. The minimum Gasteiger partial charge on any atom is -0.279 e. The molecule has 20 heavy (non-hydrogen) atoms. The van der Waals surface area contributed by atoms with Gasteiger partial charge in [0.15, 0.2) is 10.8 Å². The molecule has 0 aliphatic heterocycles. The summed E-state index contributed by atoms with van der Waals surface area (Å²) in [7, 11) is 0. The van der Waals surface area contributed by atoms with Gasteiger partial charge in [0.05, 0.1) is 5.69 Å². The van der Waals surface area contributed by atoms with Crippen molar-refractivity contribution < 1.29 is 0 Å². The molecule has 0 amide bonds. The first-order valence-corrected chi connectivity index (χ1v) is 6.80. The molecule has 0 fully saturated rings. The molecule has 0 bridgehead atoms. The third kappa shape index (κ3) is 2.25. The lowest BCUT2D eigenvalue weighted by Gasteiger charge is -2.07. The summed E-state index contributed by atoms with van der Waals surface area (Å²) in [6.45, 7) is 3.94. The number of nitrogens with zero attached hydrogens (tertiary/aromatic N) is 5. The van der Waals surface area contributed by atoms with Crippen LogP contribution in [0.2, 0.25) is 5.15 Å². The molecule has 5 nitrogen and oxygen atoms in total. The van der Waals surface area contributed by atoms with Crippen LogP contribution in [-0.4, -0.2) is 24.6 Å². The Morgan fingerprint density at radius 1 is 1.10 bits per heavy atom. The number of pyridine rings is 1. The zero-order valence-electron chi connectivity index (χ0n) is 11.3. The Labute approximate surface area is 121 Å². The second kappa shape index (κ2) is 5.17. The fourth-order valence-corrected chi connectivity index (χ4v) is 2.46. The summed E-state index contributed by atoms with van der Waals surface area (Å²) in [6, 6.07) is 4.02. The maximum atomic E-state index is 6.12. The Hall–Kier alpha value is -2.01. The fourth-order valence-electron chi connectivity index (χ4n) is 2.21. The van der Waals surface area contributed by atoms with Gasteiger partial charge in [-0.15, -0.1) is 10.2 Å². The van der Waals surface area contributed by atoms with E-state index in [0.717, 1.165) is 30.1 Å². The van der Waals surface area contributed by atoms with Gasteiger partial charge in [0.1, 0.15) is 5.82 Å². The lowest BCUT2D eigenvalue weighted by atomic mass is 10.1. The van der Waals surface area contributed by atoms with E-state index in [1.807, 2.05) is 30.4 Å². The van der Waals surface area contributed by atoms with E-state index in [2.05, 4.69) is 20.2 Å². The monoisotopic (exact) mass is 287 g/mol. The molecule has 0 atom stereocenters. The van der Waals surface area contributed by atoms with Gasteiger partial charge in [0.25, 0.3) is 0 Å².